The molecular weight excluding hydrogens is 380 g/mol. The lowest BCUT2D eigenvalue weighted by Crippen LogP contribution is -2.48. The van der Waals surface area contributed by atoms with E-state index in [0.29, 0.717) is 30.8 Å². The highest BCUT2D eigenvalue weighted by molar-refractivity contribution is 5.76. The number of rotatable bonds is 7. The second-order valence-electron chi connectivity index (χ2n) is 8.49. The van der Waals surface area contributed by atoms with E-state index in [1.165, 1.54) is 0 Å². The number of carbonyl (C=O) groups is 1. The summed E-state index contributed by atoms with van der Waals surface area (Å²) in [6.45, 7) is 5.89. The zero-order chi connectivity index (χ0) is 20.8. The average molecular weight is 413 g/mol. The first-order valence-corrected chi connectivity index (χ1v) is 11.0. The van der Waals surface area contributed by atoms with Crippen molar-refractivity contribution in [2.24, 2.45) is 11.8 Å². The van der Waals surface area contributed by atoms with Crippen LogP contribution in [0.4, 0.5) is 0 Å². The molecule has 7 heteroatoms. The van der Waals surface area contributed by atoms with Crippen LogP contribution >= 0.6 is 0 Å². The number of para-hydroxylation sites is 1. The van der Waals surface area contributed by atoms with Crippen molar-refractivity contribution in [1.29, 1.82) is 0 Å². The maximum Gasteiger partial charge on any atom is 0.222 e. The van der Waals surface area contributed by atoms with Gasteiger partial charge in [0.05, 0.1) is 5.69 Å². The molecule has 162 valence electrons. The summed E-state index contributed by atoms with van der Waals surface area (Å²) >= 11 is 0. The van der Waals surface area contributed by atoms with Crippen LogP contribution in [-0.2, 0) is 17.8 Å². The molecule has 3 heterocycles. The van der Waals surface area contributed by atoms with Crippen molar-refractivity contribution in [3.05, 3.63) is 47.9 Å². The van der Waals surface area contributed by atoms with Crippen molar-refractivity contribution in [3.8, 4) is 5.75 Å². The van der Waals surface area contributed by atoms with E-state index in [1.54, 1.807) is 0 Å². The molecule has 7 nitrogen and oxygen atoms in total. The Labute approximate surface area is 178 Å². The summed E-state index contributed by atoms with van der Waals surface area (Å²) in [5.41, 5.74) is 0.937. The van der Waals surface area contributed by atoms with Gasteiger partial charge in [0, 0.05) is 38.7 Å². The topological polar surface area (TPSA) is 70.8 Å². The highest BCUT2D eigenvalue weighted by Crippen LogP contribution is 2.27. The SMILES string of the molecule is CN1CCN(C(=O)C[C@H]2CCNC[C@@H]2Cc2cc(COc3ccccc3)on2)CC1. The zero-order valence-electron chi connectivity index (χ0n) is 17.8. The molecule has 1 aromatic carbocycles. The Morgan fingerprint density at radius 3 is 2.80 bits per heavy atom. The van der Waals surface area contributed by atoms with Crippen LogP contribution in [0.25, 0.3) is 0 Å². The molecule has 0 bridgehead atoms. The lowest BCUT2D eigenvalue weighted by molar-refractivity contribution is -0.134. The van der Waals surface area contributed by atoms with Gasteiger partial charge in [0.2, 0.25) is 5.91 Å². The van der Waals surface area contributed by atoms with Gasteiger partial charge in [-0.2, -0.15) is 0 Å². The number of nitrogens with zero attached hydrogens (tertiary/aromatic N) is 3. The lowest BCUT2D eigenvalue weighted by atomic mass is 9.81. The Bertz CT molecular complexity index is 802. The first kappa shape index (κ1) is 20.9. The quantitative estimate of drug-likeness (QED) is 0.752. The highest BCUT2D eigenvalue weighted by atomic mass is 16.5. The Balaban J connectivity index is 1.30. The average Bonchev–Trinajstić information content (AvgIpc) is 3.22. The summed E-state index contributed by atoms with van der Waals surface area (Å²) < 4.78 is 11.2. The van der Waals surface area contributed by atoms with Gasteiger partial charge in [-0.05, 0) is 56.9 Å². The third-order valence-corrected chi connectivity index (χ3v) is 6.26. The van der Waals surface area contributed by atoms with Crippen LogP contribution in [0.15, 0.2) is 40.9 Å². The van der Waals surface area contributed by atoms with Crippen molar-refractivity contribution in [3.63, 3.8) is 0 Å². The second kappa shape index (κ2) is 10.1. The molecule has 2 aromatic rings. The molecule has 2 atom stereocenters. The summed E-state index contributed by atoms with van der Waals surface area (Å²) in [7, 11) is 2.11. The third kappa shape index (κ3) is 5.61. The van der Waals surface area contributed by atoms with Gasteiger partial charge in [-0.25, -0.2) is 0 Å². The summed E-state index contributed by atoms with van der Waals surface area (Å²) in [6, 6.07) is 11.7. The molecule has 0 spiro atoms. The number of amides is 1. The fourth-order valence-corrected chi connectivity index (χ4v) is 4.35. The Kier molecular flexibility index (Phi) is 7.02. The van der Waals surface area contributed by atoms with Gasteiger partial charge >= 0.3 is 0 Å². The third-order valence-electron chi connectivity index (χ3n) is 6.26. The standard InChI is InChI=1S/C23H32N4O3/c1-26-9-11-27(12-10-26)23(28)14-18-7-8-24-16-19(18)13-20-15-22(30-25-20)17-29-21-5-3-2-4-6-21/h2-6,15,18-19,24H,7-14,16-17H2,1H3/t18-,19+/m1/s1. The zero-order valence-corrected chi connectivity index (χ0v) is 17.8. The van der Waals surface area contributed by atoms with Crippen LogP contribution in [0, 0.1) is 11.8 Å². The minimum atomic E-state index is 0.303. The first-order chi connectivity index (χ1) is 14.7. The molecule has 2 aliphatic rings. The number of piperazine rings is 1. The van der Waals surface area contributed by atoms with E-state index in [4.69, 9.17) is 9.26 Å². The molecule has 0 radical (unpaired) electrons. The van der Waals surface area contributed by atoms with E-state index in [2.05, 4.69) is 22.4 Å². The van der Waals surface area contributed by atoms with Crippen molar-refractivity contribution < 1.29 is 14.1 Å². The number of benzene rings is 1. The van der Waals surface area contributed by atoms with E-state index in [1.807, 2.05) is 41.3 Å². The normalized spacial score (nSPS) is 22.8. The van der Waals surface area contributed by atoms with Crippen LogP contribution in [0.1, 0.15) is 24.3 Å². The molecule has 0 unspecified atom stereocenters. The Morgan fingerprint density at radius 1 is 1.20 bits per heavy atom. The second-order valence-corrected chi connectivity index (χ2v) is 8.49. The Hall–Kier alpha value is -2.38. The molecule has 0 aliphatic carbocycles. The van der Waals surface area contributed by atoms with Crippen molar-refractivity contribution >= 4 is 5.91 Å². The van der Waals surface area contributed by atoms with Gasteiger partial charge < -0.3 is 24.4 Å². The molecule has 4 rings (SSSR count). The van der Waals surface area contributed by atoms with Crippen LogP contribution in [0.3, 0.4) is 0 Å². The van der Waals surface area contributed by atoms with Gasteiger partial charge in [-0.3, -0.25) is 4.79 Å². The van der Waals surface area contributed by atoms with E-state index in [0.717, 1.165) is 69.3 Å². The number of aromatic nitrogens is 1. The van der Waals surface area contributed by atoms with Gasteiger partial charge in [-0.1, -0.05) is 23.4 Å². The molecule has 1 amide bonds. The number of piperidine rings is 1. The van der Waals surface area contributed by atoms with Gasteiger partial charge in [0.15, 0.2) is 5.76 Å². The van der Waals surface area contributed by atoms with E-state index < -0.39 is 0 Å². The number of ether oxygens (including phenoxy) is 1. The number of hydrogen-bond donors (Lipinski definition) is 1. The minimum absolute atomic E-state index is 0.303. The number of hydrogen-bond acceptors (Lipinski definition) is 6. The summed E-state index contributed by atoms with van der Waals surface area (Å²) in [5.74, 6) is 2.62. The number of likely N-dealkylation sites (N-methyl/N-ethyl adjacent to an activating group) is 1. The maximum atomic E-state index is 12.8. The van der Waals surface area contributed by atoms with Crippen LogP contribution in [0.5, 0.6) is 5.75 Å². The van der Waals surface area contributed by atoms with E-state index >= 15 is 0 Å². The molecule has 1 N–H and O–H groups in total. The number of nitrogens with one attached hydrogen (secondary N) is 1. The smallest absolute Gasteiger partial charge is 0.222 e. The largest absolute Gasteiger partial charge is 0.486 e. The molecule has 2 fully saturated rings. The molecule has 1 aromatic heterocycles. The first-order valence-electron chi connectivity index (χ1n) is 11.0. The Morgan fingerprint density at radius 2 is 2.00 bits per heavy atom. The highest BCUT2D eigenvalue weighted by Gasteiger charge is 2.30. The molecule has 2 saturated heterocycles. The van der Waals surface area contributed by atoms with Crippen molar-refractivity contribution in [2.75, 3.05) is 46.3 Å². The van der Waals surface area contributed by atoms with E-state index in [9.17, 15) is 4.79 Å². The minimum Gasteiger partial charge on any atom is -0.486 e. The number of carbonyl (C=O) groups excluding carboxylic acids is 1. The van der Waals surface area contributed by atoms with Crippen LogP contribution in [-0.4, -0.2) is 67.2 Å². The molecule has 30 heavy (non-hydrogen) atoms. The fraction of sp³-hybridized carbons (Fsp3) is 0.565. The van der Waals surface area contributed by atoms with E-state index in [-0.39, 0.29) is 0 Å². The monoisotopic (exact) mass is 412 g/mol. The molecule has 2 aliphatic heterocycles. The molecular formula is C23H32N4O3. The van der Waals surface area contributed by atoms with Crippen LogP contribution in [0.2, 0.25) is 0 Å². The van der Waals surface area contributed by atoms with Gasteiger partial charge in [0.25, 0.3) is 0 Å². The molecule has 0 saturated carbocycles. The van der Waals surface area contributed by atoms with Crippen molar-refractivity contribution in [2.45, 2.75) is 25.9 Å². The predicted octanol–water partition coefficient (Wildman–Crippen LogP) is 2.19. The summed E-state index contributed by atoms with van der Waals surface area (Å²) in [4.78, 5) is 17.1. The van der Waals surface area contributed by atoms with Crippen molar-refractivity contribution in [1.82, 2.24) is 20.3 Å². The van der Waals surface area contributed by atoms with Gasteiger partial charge in [-0.15, -0.1) is 0 Å². The maximum absolute atomic E-state index is 12.8. The van der Waals surface area contributed by atoms with Gasteiger partial charge in [0.1, 0.15) is 12.4 Å². The summed E-state index contributed by atoms with van der Waals surface area (Å²) in [5, 5.41) is 7.73. The predicted molar refractivity (Wildman–Crippen MR) is 114 cm³/mol. The van der Waals surface area contributed by atoms with Crippen LogP contribution < -0.4 is 10.1 Å². The lowest BCUT2D eigenvalue weighted by Gasteiger charge is -2.36. The summed E-state index contributed by atoms with van der Waals surface area (Å²) in [6.07, 6.45) is 2.49. The fourth-order valence-electron chi connectivity index (χ4n) is 4.35.